The molecule has 0 unspecified atom stereocenters. The topological polar surface area (TPSA) is 133 Å². The van der Waals surface area contributed by atoms with Crippen molar-refractivity contribution < 1.29 is 28.2 Å². The third kappa shape index (κ3) is 4.58. The second-order valence-corrected chi connectivity index (χ2v) is 10.7. The van der Waals surface area contributed by atoms with E-state index in [-0.39, 0.29) is 33.3 Å². The molecule has 0 atom stereocenters. The number of carboxylic acid groups (broad SMARTS) is 1. The van der Waals surface area contributed by atoms with Crippen LogP contribution < -0.4 is 15.4 Å². The van der Waals surface area contributed by atoms with Crippen LogP contribution in [0, 0.1) is 11.6 Å². The fourth-order valence-electron chi connectivity index (χ4n) is 4.68. The van der Waals surface area contributed by atoms with Crippen LogP contribution in [0.1, 0.15) is 31.1 Å². The van der Waals surface area contributed by atoms with Gasteiger partial charge >= 0.3 is 12.1 Å². The number of ether oxygens (including phenoxy) is 1. The van der Waals surface area contributed by atoms with Gasteiger partial charge in [-0.1, -0.05) is 0 Å². The maximum atomic E-state index is 15.6. The Morgan fingerprint density at radius 3 is 2.41 bits per heavy atom. The number of aromatic amines is 1. The molecule has 0 spiro atoms. The van der Waals surface area contributed by atoms with Gasteiger partial charge in [0.05, 0.1) is 27.7 Å². The molecule has 11 nitrogen and oxygen atoms in total. The Labute approximate surface area is 231 Å². The number of carboxylic acids is 1. The largest absolute Gasteiger partial charge is 0.477 e. The number of nitrogens with one attached hydrogen (secondary N) is 1. The number of pyridine rings is 2. The van der Waals surface area contributed by atoms with Crippen LogP contribution in [0.4, 0.5) is 25.0 Å². The minimum Gasteiger partial charge on any atom is -0.477 e. The molecule has 5 aromatic rings. The van der Waals surface area contributed by atoms with Crippen molar-refractivity contribution in [3.05, 3.63) is 64.3 Å². The average molecular weight is 565 g/mol. The third-order valence-corrected chi connectivity index (χ3v) is 6.46. The summed E-state index contributed by atoms with van der Waals surface area (Å²) in [5, 5.41) is 9.46. The Morgan fingerprint density at radius 1 is 1.07 bits per heavy atom. The predicted octanol–water partition coefficient (Wildman–Crippen LogP) is 4.80. The van der Waals surface area contributed by atoms with Gasteiger partial charge in [-0.15, -0.1) is 0 Å². The van der Waals surface area contributed by atoms with Gasteiger partial charge in [0, 0.05) is 56.9 Å². The van der Waals surface area contributed by atoms with Crippen molar-refractivity contribution in [3.63, 3.8) is 0 Å². The van der Waals surface area contributed by atoms with Gasteiger partial charge in [0.1, 0.15) is 22.5 Å². The lowest BCUT2D eigenvalue weighted by Gasteiger charge is -2.25. The summed E-state index contributed by atoms with van der Waals surface area (Å²) in [6, 6.07) is 4.11. The predicted molar refractivity (Wildman–Crippen MR) is 150 cm³/mol. The van der Waals surface area contributed by atoms with E-state index in [1.807, 2.05) is 0 Å². The zero-order valence-corrected chi connectivity index (χ0v) is 23.0. The molecular weight excluding hydrogens is 538 g/mol. The zero-order chi connectivity index (χ0) is 30.0. The van der Waals surface area contributed by atoms with Crippen LogP contribution in [0.25, 0.3) is 38.7 Å². The number of aromatic nitrogens is 4. The number of halogens is 2. The molecule has 2 N–H and O–H groups in total. The maximum absolute atomic E-state index is 15.6. The molecule has 0 radical (unpaired) electrons. The Bertz CT molecular complexity index is 1960. The molecular formula is C28H26F2N6O5. The molecule has 0 fully saturated rings. The molecule has 5 rings (SSSR count). The number of hydrogen-bond acceptors (Lipinski definition) is 7. The first-order valence-electron chi connectivity index (χ1n) is 12.4. The summed E-state index contributed by atoms with van der Waals surface area (Å²) in [5.41, 5.74) is -0.151. The molecule has 0 aliphatic heterocycles. The minimum atomic E-state index is -1.41. The quantitative estimate of drug-likeness (QED) is 0.318. The summed E-state index contributed by atoms with van der Waals surface area (Å²) in [6.45, 7) is 5.07. The van der Waals surface area contributed by atoms with Gasteiger partial charge in [-0.2, -0.15) is 0 Å². The monoisotopic (exact) mass is 564 g/mol. The standard InChI is InChI=1S/C28H26F2N6O5/c1-28(2,3)41-27(40)35(6)17-9-16(29)21(30)19-20-23(34(4)5)14(10-32-24(20)33-22(17)19)13-7-8-18-31-11-15(26(38)39)25(37)36(18)12-13/h7-12H,1-6H3,(H,32,33)(H,38,39). The van der Waals surface area contributed by atoms with Crippen LogP contribution in [-0.2, 0) is 4.74 Å². The SMILES string of the molecule is CN(C)c1c(-c2ccc3ncc(C(=O)O)c(=O)n3c2)cnc2[nH]c3c(N(C)C(=O)OC(C)(C)C)cc(F)c(F)c3c12. The van der Waals surface area contributed by atoms with Gasteiger partial charge in [0.15, 0.2) is 11.6 Å². The molecule has 1 aromatic carbocycles. The number of rotatable bonds is 4. The van der Waals surface area contributed by atoms with Crippen molar-refractivity contribution in [2.24, 2.45) is 0 Å². The first-order chi connectivity index (χ1) is 19.2. The number of benzene rings is 1. The van der Waals surface area contributed by atoms with Gasteiger partial charge in [-0.05, 0) is 32.9 Å². The van der Waals surface area contributed by atoms with Crippen LogP contribution >= 0.6 is 0 Å². The summed E-state index contributed by atoms with van der Waals surface area (Å²) < 4.78 is 37.1. The number of nitrogens with zero attached hydrogens (tertiary/aromatic N) is 5. The Balaban J connectivity index is 1.80. The first-order valence-corrected chi connectivity index (χ1v) is 12.4. The lowest BCUT2D eigenvalue weighted by atomic mass is 10.0. The van der Waals surface area contributed by atoms with Gasteiger partial charge < -0.3 is 19.7 Å². The van der Waals surface area contributed by atoms with E-state index in [9.17, 15) is 19.5 Å². The van der Waals surface area contributed by atoms with Crippen molar-refractivity contribution >= 4 is 51.0 Å². The van der Waals surface area contributed by atoms with Crippen LogP contribution in [0.3, 0.4) is 0 Å². The van der Waals surface area contributed by atoms with Gasteiger partial charge in [0.2, 0.25) is 0 Å². The van der Waals surface area contributed by atoms with Crippen LogP contribution in [0.15, 0.2) is 41.6 Å². The molecule has 0 aliphatic rings. The number of anilines is 2. The lowest BCUT2D eigenvalue weighted by Crippen LogP contribution is -2.34. The van der Waals surface area contributed by atoms with Crippen molar-refractivity contribution in [1.29, 1.82) is 0 Å². The second kappa shape index (κ2) is 9.54. The molecule has 13 heteroatoms. The molecule has 0 saturated carbocycles. The zero-order valence-electron chi connectivity index (χ0n) is 23.0. The van der Waals surface area contributed by atoms with E-state index in [0.29, 0.717) is 16.8 Å². The number of H-pyrrole nitrogens is 1. The van der Waals surface area contributed by atoms with Crippen LogP contribution in [-0.4, -0.2) is 63.3 Å². The van der Waals surface area contributed by atoms with E-state index < -0.39 is 40.4 Å². The number of aromatic carboxylic acids is 1. The van der Waals surface area contributed by atoms with E-state index in [0.717, 1.165) is 21.6 Å². The van der Waals surface area contributed by atoms with E-state index >= 15 is 8.78 Å². The Hall–Kier alpha value is -5.07. The fraction of sp³-hybridized carbons (Fsp3) is 0.250. The Kier molecular flexibility index (Phi) is 6.40. The molecule has 41 heavy (non-hydrogen) atoms. The van der Waals surface area contributed by atoms with Crippen LogP contribution in [0.5, 0.6) is 0 Å². The van der Waals surface area contributed by atoms with E-state index in [1.54, 1.807) is 45.8 Å². The maximum Gasteiger partial charge on any atom is 0.414 e. The smallest absolute Gasteiger partial charge is 0.414 e. The number of amides is 1. The number of fused-ring (bicyclic) bond motifs is 4. The van der Waals surface area contributed by atoms with Gasteiger partial charge in [0.25, 0.3) is 5.56 Å². The first kappa shape index (κ1) is 27.5. The molecule has 0 bridgehead atoms. The Morgan fingerprint density at radius 2 is 1.78 bits per heavy atom. The number of hydrogen-bond donors (Lipinski definition) is 2. The lowest BCUT2D eigenvalue weighted by molar-refractivity contribution is 0.0588. The fourth-order valence-corrected chi connectivity index (χ4v) is 4.68. The van der Waals surface area contributed by atoms with E-state index in [1.165, 1.54) is 25.5 Å². The normalized spacial score (nSPS) is 11.8. The van der Waals surface area contributed by atoms with Crippen molar-refractivity contribution in [2.75, 3.05) is 30.9 Å². The highest BCUT2D eigenvalue weighted by Crippen LogP contribution is 2.43. The summed E-state index contributed by atoms with van der Waals surface area (Å²) in [6.07, 6.45) is 3.15. The third-order valence-electron chi connectivity index (χ3n) is 6.46. The summed E-state index contributed by atoms with van der Waals surface area (Å²) in [7, 11) is 4.81. The van der Waals surface area contributed by atoms with Crippen molar-refractivity contribution in [3.8, 4) is 11.1 Å². The second-order valence-electron chi connectivity index (χ2n) is 10.7. The molecule has 0 saturated heterocycles. The molecule has 0 aliphatic carbocycles. The minimum absolute atomic E-state index is 0.0435. The van der Waals surface area contributed by atoms with E-state index in [2.05, 4.69) is 15.0 Å². The number of carbonyl (C=O) groups is 2. The average Bonchev–Trinajstić information content (AvgIpc) is 3.28. The molecule has 4 aromatic heterocycles. The highest BCUT2D eigenvalue weighted by Gasteiger charge is 2.28. The summed E-state index contributed by atoms with van der Waals surface area (Å²) in [5.74, 6) is -3.73. The van der Waals surface area contributed by atoms with Crippen molar-refractivity contribution in [2.45, 2.75) is 26.4 Å². The highest BCUT2D eigenvalue weighted by molar-refractivity contribution is 6.19. The molecule has 4 heterocycles. The molecule has 212 valence electrons. The summed E-state index contributed by atoms with van der Waals surface area (Å²) >= 11 is 0. The summed E-state index contributed by atoms with van der Waals surface area (Å²) in [4.78, 5) is 51.4. The highest BCUT2D eigenvalue weighted by atomic mass is 19.2. The molecule has 1 amide bonds. The van der Waals surface area contributed by atoms with Crippen LogP contribution in [0.2, 0.25) is 0 Å². The van der Waals surface area contributed by atoms with Gasteiger partial charge in [-0.3, -0.25) is 14.1 Å². The van der Waals surface area contributed by atoms with Crippen molar-refractivity contribution in [1.82, 2.24) is 19.4 Å². The van der Waals surface area contributed by atoms with E-state index in [4.69, 9.17) is 4.74 Å². The van der Waals surface area contributed by atoms with Gasteiger partial charge in [-0.25, -0.2) is 28.3 Å². The number of carbonyl (C=O) groups excluding carboxylic acids is 1.